The van der Waals surface area contributed by atoms with Gasteiger partial charge in [-0.2, -0.15) is 0 Å². The average molecular weight is 366 g/mol. The van der Waals surface area contributed by atoms with Gasteiger partial charge < -0.3 is 10.1 Å². The highest BCUT2D eigenvalue weighted by Gasteiger charge is 2.03. The van der Waals surface area contributed by atoms with Gasteiger partial charge in [0.1, 0.15) is 0 Å². The minimum atomic E-state index is 0.746. The number of halogens is 1. The zero-order valence-corrected chi connectivity index (χ0v) is 14.8. The van der Waals surface area contributed by atoms with E-state index in [4.69, 9.17) is 4.74 Å². The van der Waals surface area contributed by atoms with Crippen LogP contribution in [0.15, 0.2) is 56.7 Å². The van der Waals surface area contributed by atoms with Crippen molar-refractivity contribution in [3.63, 3.8) is 0 Å². The molecule has 0 heterocycles. The lowest BCUT2D eigenvalue weighted by Crippen LogP contribution is -2.18. The van der Waals surface area contributed by atoms with Gasteiger partial charge in [0, 0.05) is 34.5 Å². The lowest BCUT2D eigenvalue weighted by atomic mass is 10.1. The predicted molar refractivity (Wildman–Crippen MR) is 93.0 cm³/mol. The molecule has 0 bridgehead atoms. The van der Waals surface area contributed by atoms with Crippen LogP contribution in [0.5, 0.6) is 0 Å². The first kappa shape index (κ1) is 16.6. The van der Waals surface area contributed by atoms with Gasteiger partial charge in [0.2, 0.25) is 0 Å². The highest BCUT2D eigenvalue weighted by Crippen LogP contribution is 2.32. The highest BCUT2D eigenvalue weighted by molar-refractivity contribution is 9.10. The van der Waals surface area contributed by atoms with Crippen LogP contribution < -0.4 is 5.32 Å². The molecule has 1 N–H and O–H groups in total. The standard InChI is InChI=1S/C17H20BrNOS/c1-13-10-14(12-19-8-9-20-2)6-7-17(13)21-16-5-3-4-15(18)11-16/h3-7,10-11,19H,8-9,12H2,1-2H3. The van der Waals surface area contributed by atoms with Crippen LogP contribution in [0.1, 0.15) is 11.1 Å². The summed E-state index contributed by atoms with van der Waals surface area (Å²) < 4.78 is 6.14. The van der Waals surface area contributed by atoms with Crippen LogP contribution >= 0.6 is 27.7 Å². The number of nitrogens with one attached hydrogen (secondary N) is 1. The summed E-state index contributed by atoms with van der Waals surface area (Å²) in [6, 6.07) is 15.0. The van der Waals surface area contributed by atoms with Gasteiger partial charge in [-0.05, 0) is 42.3 Å². The third kappa shape index (κ3) is 5.47. The van der Waals surface area contributed by atoms with E-state index in [0.29, 0.717) is 0 Å². The Kier molecular flexibility index (Phi) is 6.77. The second-order valence-corrected chi connectivity index (χ2v) is 6.86. The fourth-order valence-electron chi connectivity index (χ4n) is 2.00. The minimum absolute atomic E-state index is 0.746. The molecule has 0 aromatic heterocycles. The quantitative estimate of drug-likeness (QED) is 0.721. The van der Waals surface area contributed by atoms with E-state index in [1.807, 2.05) is 6.07 Å². The summed E-state index contributed by atoms with van der Waals surface area (Å²) in [5.74, 6) is 0. The number of methoxy groups -OCH3 is 1. The topological polar surface area (TPSA) is 21.3 Å². The van der Waals surface area contributed by atoms with Crippen molar-refractivity contribution in [3.05, 3.63) is 58.1 Å². The number of hydrogen-bond donors (Lipinski definition) is 1. The number of aryl methyl sites for hydroxylation is 1. The summed E-state index contributed by atoms with van der Waals surface area (Å²) >= 11 is 5.31. The predicted octanol–water partition coefficient (Wildman–Crippen LogP) is 4.64. The highest BCUT2D eigenvalue weighted by atomic mass is 79.9. The van der Waals surface area contributed by atoms with E-state index in [1.54, 1.807) is 18.9 Å². The molecule has 21 heavy (non-hydrogen) atoms. The molecule has 0 amide bonds. The molecule has 0 unspecified atom stereocenters. The molecular formula is C17H20BrNOS. The van der Waals surface area contributed by atoms with E-state index in [-0.39, 0.29) is 0 Å². The zero-order chi connectivity index (χ0) is 15.1. The molecule has 0 aliphatic heterocycles. The van der Waals surface area contributed by atoms with E-state index < -0.39 is 0 Å². The monoisotopic (exact) mass is 365 g/mol. The van der Waals surface area contributed by atoms with Crippen LogP contribution in [-0.4, -0.2) is 20.3 Å². The normalized spacial score (nSPS) is 10.8. The maximum atomic E-state index is 5.03. The van der Waals surface area contributed by atoms with Crippen molar-refractivity contribution in [2.75, 3.05) is 20.3 Å². The molecule has 2 aromatic carbocycles. The van der Waals surface area contributed by atoms with E-state index >= 15 is 0 Å². The first-order valence-corrected chi connectivity index (χ1v) is 8.52. The van der Waals surface area contributed by atoms with Gasteiger partial charge >= 0.3 is 0 Å². The Morgan fingerprint density at radius 1 is 1.19 bits per heavy atom. The molecule has 4 heteroatoms. The van der Waals surface area contributed by atoms with Gasteiger partial charge in [-0.25, -0.2) is 0 Å². The van der Waals surface area contributed by atoms with Gasteiger partial charge in [0.05, 0.1) is 6.61 Å². The molecule has 0 saturated carbocycles. The fourth-order valence-corrected chi connectivity index (χ4v) is 3.49. The molecule has 0 radical (unpaired) electrons. The summed E-state index contributed by atoms with van der Waals surface area (Å²) in [6.07, 6.45) is 0. The van der Waals surface area contributed by atoms with Gasteiger partial charge in [0.25, 0.3) is 0 Å². The van der Waals surface area contributed by atoms with Crippen molar-refractivity contribution < 1.29 is 4.74 Å². The lowest BCUT2D eigenvalue weighted by Gasteiger charge is -2.09. The van der Waals surface area contributed by atoms with E-state index in [2.05, 4.69) is 64.6 Å². The average Bonchev–Trinajstić information content (AvgIpc) is 2.46. The van der Waals surface area contributed by atoms with Crippen LogP contribution in [0.4, 0.5) is 0 Å². The summed E-state index contributed by atoms with van der Waals surface area (Å²) in [6.45, 7) is 4.67. The Hall–Kier alpha value is -0.810. The summed E-state index contributed by atoms with van der Waals surface area (Å²) in [5.41, 5.74) is 2.62. The third-order valence-corrected chi connectivity index (χ3v) is 4.74. The van der Waals surface area contributed by atoms with Crippen molar-refractivity contribution in [3.8, 4) is 0 Å². The Labute approximate surface area is 139 Å². The molecule has 2 rings (SSSR count). The molecule has 0 atom stereocenters. The molecule has 0 spiro atoms. The minimum Gasteiger partial charge on any atom is -0.383 e. The zero-order valence-electron chi connectivity index (χ0n) is 12.4. The van der Waals surface area contributed by atoms with Gasteiger partial charge in [-0.1, -0.05) is 45.9 Å². The maximum absolute atomic E-state index is 5.03. The second kappa shape index (κ2) is 8.59. The van der Waals surface area contributed by atoms with Crippen molar-refractivity contribution in [2.45, 2.75) is 23.3 Å². The number of rotatable bonds is 7. The van der Waals surface area contributed by atoms with E-state index in [1.165, 1.54) is 20.9 Å². The van der Waals surface area contributed by atoms with Crippen LogP contribution in [0, 0.1) is 6.92 Å². The number of hydrogen-bond acceptors (Lipinski definition) is 3. The Morgan fingerprint density at radius 3 is 2.76 bits per heavy atom. The van der Waals surface area contributed by atoms with E-state index in [0.717, 1.165) is 24.2 Å². The smallest absolute Gasteiger partial charge is 0.0587 e. The molecule has 0 fully saturated rings. The van der Waals surface area contributed by atoms with Gasteiger partial charge in [0.15, 0.2) is 0 Å². The SMILES string of the molecule is COCCNCc1ccc(Sc2cccc(Br)c2)c(C)c1. The second-order valence-electron chi connectivity index (χ2n) is 4.83. The first-order valence-electron chi connectivity index (χ1n) is 6.91. The Morgan fingerprint density at radius 2 is 2.05 bits per heavy atom. The summed E-state index contributed by atoms with van der Waals surface area (Å²) in [7, 11) is 1.72. The number of ether oxygens (including phenoxy) is 1. The van der Waals surface area contributed by atoms with E-state index in [9.17, 15) is 0 Å². The largest absolute Gasteiger partial charge is 0.383 e. The molecule has 2 nitrogen and oxygen atoms in total. The van der Waals surface area contributed by atoms with Gasteiger partial charge in [-0.15, -0.1) is 0 Å². The molecule has 0 aliphatic carbocycles. The maximum Gasteiger partial charge on any atom is 0.0587 e. The molecule has 0 saturated heterocycles. The van der Waals surface area contributed by atoms with Crippen LogP contribution in [0.25, 0.3) is 0 Å². The van der Waals surface area contributed by atoms with Crippen LogP contribution in [0.3, 0.4) is 0 Å². The van der Waals surface area contributed by atoms with Crippen LogP contribution in [-0.2, 0) is 11.3 Å². The Bertz CT molecular complexity index is 589. The fraction of sp³-hybridized carbons (Fsp3) is 0.294. The third-order valence-electron chi connectivity index (χ3n) is 3.08. The molecule has 2 aromatic rings. The van der Waals surface area contributed by atoms with Crippen molar-refractivity contribution in [1.82, 2.24) is 5.32 Å². The molecule has 0 aliphatic rings. The van der Waals surface area contributed by atoms with Gasteiger partial charge in [-0.3, -0.25) is 0 Å². The summed E-state index contributed by atoms with van der Waals surface area (Å²) in [5, 5.41) is 3.37. The number of benzene rings is 2. The van der Waals surface area contributed by atoms with Crippen LogP contribution in [0.2, 0.25) is 0 Å². The Balaban J connectivity index is 1.98. The molecule has 112 valence electrons. The lowest BCUT2D eigenvalue weighted by molar-refractivity contribution is 0.199. The first-order chi connectivity index (χ1) is 10.2. The van der Waals surface area contributed by atoms with Crippen molar-refractivity contribution in [2.24, 2.45) is 0 Å². The molecular weight excluding hydrogens is 346 g/mol. The van der Waals surface area contributed by atoms with Crippen molar-refractivity contribution >= 4 is 27.7 Å². The van der Waals surface area contributed by atoms with Crippen molar-refractivity contribution in [1.29, 1.82) is 0 Å². The summed E-state index contributed by atoms with van der Waals surface area (Å²) in [4.78, 5) is 2.55.